The molecule has 1 aromatic rings. The van der Waals surface area contributed by atoms with Crippen LogP contribution in [-0.4, -0.2) is 19.8 Å². The van der Waals surface area contributed by atoms with Crippen molar-refractivity contribution in [1.29, 1.82) is 0 Å². The topological polar surface area (TPSA) is 21.3 Å². The molecule has 0 atom stereocenters. The van der Waals surface area contributed by atoms with Crippen molar-refractivity contribution in [2.75, 3.05) is 25.1 Å². The van der Waals surface area contributed by atoms with Gasteiger partial charge < -0.3 is 10.1 Å². The Hall–Kier alpha value is -0.440. The molecule has 0 bridgehead atoms. The van der Waals surface area contributed by atoms with Gasteiger partial charge in [-0.1, -0.05) is 37.0 Å². The molecule has 0 radical (unpaired) electrons. The second-order valence-electron chi connectivity index (χ2n) is 4.02. The molecule has 0 aromatic heterocycles. The molecular formula is C12H17Cl2NO. The van der Waals surface area contributed by atoms with E-state index >= 15 is 0 Å². The van der Waals surface area contributed by atoms with Crippen LogP contribution in [0, 0.1) is 5.92 Å². The van der Waals surface area contributed by atoms with Crippen LogP contribution in [0.15, 0.2) is 18.2 Å². The third-order valence-electron chi connectivity index (χ3n) is 1.94. The lowest BCUT2D eigenvalue weighted by Crippen LogP contribution is -2.12. The van der Waals surface area contributed by atoms with E-state index in [0.717, 1.165) is 18.8 Å². The molecule has 16 heavy (non-hydrogen) atoms. The van der Waals surface area contributed by atoms with Crippen molar-refractivity contribution in [3.8, 4) is 0 Å². The molecule has 0 spiro atoms. The zero-order valence-electron chi connectivity index (χ0n) is 9.59. The van der Waals surface area contributed by atoms with E-state index in [9.17, 15) is 0 Å². The number of nitrogens with one attached hydrogen (secondary N) is 1. The van der Waals surface area contributed by atoms with Crippen molar-refractivity contribution in [2.24, 2.45) is 5.92 Å². The molecule has 0 aliphatic carbocycles. The number of benzene rings is 1. The lowest BCUT2D eigenvalue weighted by Gasteiger charge is -2.10. The number of ether oxygens (including phenoxy) is 1. The highest BCUT2D eigenvalue weighted by Crippen LogP contribution is 2.24. The molecule has 90 valence electrons. The van der Waals surface area contributed by atoms with Gasteiger partial charge in [0.25, 0.3) is 0 Å². The Labute approximate surface area is 107 Å². The highest BCUT2D eigenvalue weighted by Gasteiger charge is 2.00. The van der Waals surface area contributed by atoms with Crippen molar-refractivity contribution in [2.45, 2.75) is 13.8 Å². The van der Waals surface area contributed by atoms with Gasteiger partial charge in [0.1, 0.15) is 0 Å². The summed E-state index contributed by atoms with van der Waals surface area (Å²) in [6, 6.07) is 5.40. The molecule has 1 N–H and O–H groups in total. The number of halogens is 2. The lowest BCUT2D eigenvalue weighted by molar-refractivity contribution is 0.118. The van der Waals surface area contributed by atoms with E-state index in [4.69, 9.17) is 27.9 Å². The number of hydrogen-bond donors (Lipinski definition) is 1. The maximum atomic E-state index is 6.01. The van der Waals surface area contributed by atoms with E-state index in [1.54, 1.807) is 6.07 Å². The van der Waals surface area contributed by atoms with Gasteiger partial charge in [0.15, 0.2) is 0 Å². The molecule has 0 aliphatic heterocycles. The van der Waals surface area contributed by atoms with Gasteiger partial charge in [-0.25, -0.2) is 0 Å². The molecule has 0 fully saturated rings. The Morgan fingerprint density at radius 2 is 2.06 bits per heavy atom. The maximum Gasteiger partial charge on any atom is 0.0652 e. The van der Waals surface area contributed by atoms with Crippen molar-refractivity contribution >= 4 is 28.9 Å². The van der Waals surface area contributed by atoms with Crippen LogP contribution in [0.2, 0.25) is 10.0 Å². The summed E-state index contributed by atoms with van der Waals surface area (Å²) in [7, 11) is 0. The van der Waals surface area contributed by atoms with E-state index in [-0.39, 0.29) is 0 Å². The minimum Gasteiger partial charge on any atom is -0.382 e. The zero-order valence-corrected chi connectivity index (χ0v) is 11.1. The maximum absolute atomic E-state index is 6.01. The van der Waals surface area contributed by atoms with Crippen molar-refractivity contribution in [3.63, 3.8) is 0 Å². The van der Waals surface area contributed by atoms with Gasteiger partial charge in [-0.2, -0.15) is 0 Å². The van der Waals surface area contributed by atoms with Crippen LogP contribution in [0.4, 0.5) is 5.69 Å². The lowest BCUT2D eigenvalue weighted by atomic mass is 10.2. The molecule has 0 heterocycles. The van der Waals surface area contributed by atoms with Gasteiger partial charge in [-0.15, -0.1) is 0 Å². The van der Waals surface area contributed by atoms with E-state index in [1.165, 1.54) is 0 Å². The molecule has 0 unspecified atom stereocenters. The van der Waals surface area contributed by atoms with Crippen molar-refractivity contribution in [3.05, 3.63) is 28.2 Å². The van der Waals surface area contributed by atoms with Crippen LogP contribution in [-0.2, 0) is 4.74 Å². The largest absolute Gasteiger partial charge is 0.382 e. The van der Waals surface area contributed by atoms with E-state index in [2.05, 4.69) is 19.2 Å². The van der Waals surface area contributed by atoms with Gasteiger partial charge in [0, 0.05) is 18.2 Å². The predicted octanol–water partition coefficient (Wildman–Crippen LogP) is 4.08. The first-order chi connectivity index (χ1) is 7.59. The Morgan fingerprint density at radius 3 is 2.69 bits per heavy atom. The molecule has 1 rings (SSSR count). The fraction of sp³-hybridized carbons (Fsp3) is 0.500. The second kappa shape index (κ2) is 7.00. The molecule has 4 heteroatoms. The van der Waals surface area contributed by atoms with Crippen molar-refractivity contribution in [1.82, 2.24) is 0 Å². The molecule has 0 saturated heterocycles. The smallest absolute Gasteiger partial charge is 0.0652 e. The first-order valence-corrected chi connectivity index (χ1v) is 6.12. The van der Waals surface area contributed by atoms with Crippen LogP contribution in [0.5, 0.6) is 0 Å². The van der Waals surface area contributed by atoms with Crippen molar-refractivity contribution < 1.29 is 4.74 Å². The first kappa shape index (κ1) is 13.6. The SMILES string of the molecule is CC(C)COCCNc1ccc(Cl)cc1Cl. The fourth-order valence-electron chi connectivity index (χ4n) is 1.21. The third-order valence-corrected chi connectivity index (χ3v) is 2.49. The number of rotatable bonds is 6. The number of anilines is 1. The summed E-state index contributed by atoms with van der Waals surface area (Å²) >= 11 is 11.8. The first-order valence-electron chi connectivity index (χ1n) is 5.36. The summed E-state index contributed by atoms with van der Waals surface area (Å²) in [5.74, 6) is 0.569. The van der Waals surface area contributed by atoms with E-state index in [1.807, 2.05) is 12.1 Å². The quantitative estimate of drug-likeness (QED) is 0.780. The average molecular weight is 262 g/mol. The highest BCUT2D eigenvalue weighted by molar-refractivity contribution is 6.36. The standard InChI is InChI=1S/C12H17Cl2NO/c1-9(2)8-16-6-5-15-12-4-3-10(13)7-11(12)14/h3-4,7,9,15H,5-6,8H2,1-2H3. The van der Waals surface area contributed by atoms with Gasteiger partial charge in [-0.05, 0) is 24.1 Å². The second-order valence-corrected chi connectivity index (χ2v) is 4.86. The van der Waals surface area contributed by atoms with Crippen LogP contribution < -0.4 is 5.32 Å². The van der Waals surface area contributed by atoms with Gasteiger partial charge >= 0.3 is 0 Å². The van der Waals surface area contributed by atoms with Gasteiger partial charge in [0.05, 0.1) is 17.3 Å². The average Bonchev–Trinajstić information content (AvgIpc) is 2.20. The van der Waals surface area contributed by atoms with Crippen LogP contribution in [0.3, 0.4) is 0 Å². The summed E-state index contributed by atoms with van der Waals surface area (Å²) in [5, 5.41) is 4.48. The third kappa shape index (κ3) is 5.06. The van der Waals surface area contributed by atoms with Crippen LogP contribution in [0.25, 0.3) is 0 Å². The fourth-order valence-corrected chi connectivity index (χ4v) is 1.69. The number of hydrogen-bond acceptors (Lipinski definition) is 2. The van der Waals surface area contributed by atoms with Gasteiger partial charge in [0.2, 0.25) is 0 Å². The van der Waals surface area contributed by atoms with Gasteiger partial charge in [-0.3, -0.25) is 0 Å². The molecule has 0 amide bonds. The normalized spacial score (nSPS) is 10.8. The van der Waals surface area contributed by atoms with Crippen LogP contribution in [0.1, 0.15) is 13.8 Å². The predicted molar refractivity (Wildman–Crippen MR) is 70.6 cm³/mol. The summed E-state index contributed by atoms with van der Waals surface area (Å²) in [4.78, 5) is 0. The minimum absolute atomic E-state index is 0.569. The van der Waals surface area contributed by atoms with Crippen LogP contribution >= 0.6 is 23.2 Å². The van der Waals surface area contributed by atoms with E-state index in [0.29, 0.717) is 22.6 Å². The molecule has 0 saturated carbocycles. The summed E-state index contributed by atoms with van der Waals surface area (Å²) in [6.07, 6.45) is 0. The Bertz CT molecular complexity index is 329. The summed E-state index contributed by atoms with van der Waals surface area (Å²) in [6.45, 7) is 6.47. The highest BCUT2D eigenvalue weighted by atomic mass is 35.5. The molecular weight excluding hydrogens is 245 g/mol. The zero-order chi connectivity index (χ0) is 12.0. The monoisotopic (exact) mass is 261 g/mol. The Balaban J connectivity index is 2.27. The molecule has 1 aromatic carbocycles. The molecule has 2 nitrogen and oxygen atoms in total. The summed E-state index contributed by atoms with van der Waals surface area (Å²) < 4.78 is 5.45. The minimum atomic E-state index is 0.569. The Morgan fingerprint density at radius 1 is 1.31 bits per heavy atom. The molecule has 0 aliphatic rings. The Kier molecular flexibility index (Phi) is 5.96. The van der Waals surface area contributed by atoms with E-state index < -0.39 is 0 Å². The summed E-state index contributed by atoms with van der Waals surface area (Å²) in [5.41, 5.74) is 0.888.